The number of ether oxygens (including phenoxy) is 2. The van der Waals surface area contributed by atoms with Crippen LogP contribution in [-0.4, -0.2) is 41.3 Å². The van der Waals surface area contributed by atoms with E-state index in [4.69, 9.17) is 9.47 Å². The van der Waals surface area contributed by atoms with Crippen LogP contribution in [0.3, 0.4) is 0 Å². The Kier molecular flexibility index (Phi) is 4.80. The fourth-order valence-electron chi connectivity index (χ4n) is 2.61. The second kappa shape index (κ2) is 7.17. The highest BCUT2D eigenvalue weighted by atomic mass is 16.5. The molecule has 1 fully saturated rings. The molecule has 6 nitrogen and oxygen atoms in total. The van der Waals surface area contributed by atoms with Gasteiger partial charge in [0.1, 0.15) is 0 Å². The highest BCUT2D eigenvalue weighted by molar-refractivity contribution is 5.48. The van der Waals surface area contributed by atoms with Gasteiger partial charge in [-0.05, 0) is 24.5 Å². The predicted octanol–water partition coefficient (Wildman–Crippen LogP) is 2.07. The van der Waals surface area contributed by atoms with E-state index in [1.165, 1.54) is 0 Å². The quantitative estimate of drug-likeness (QED) is 0.842. The molecule has 0 unspecified atom stereocenters. The lowest BCUT2D eigenvalue weighted by molar-refractivity contribution is 0.0248. The Labute approximate surface area is 130 Å². The molecule has 0 aromatic carbocycles. The molecule has 0 aliphatic carbocycles. The van der Waals surface area contributed by atoms with Crippen LogP contribution in [0, 0.1) is 0 Å². The zero-order valence-electron chi connectivity index (χ0n) is 12.7. The van der Waals surface area contributed by atoms with Crippen LogP contribution in [-0.2, 0) is 11.3 Å². The summed E-state index contributed by atoms with van der Waals surface area (Å²) in [5.74, 6) is 1.40. The highest BCUT2D eigenvalue weighted by Gasteiger charge is 2.23. The number of pyridine rings is 1. The number of aromatic nitrogens is 3. The van der Waals surface area contributed by atoms with Gasteiger partial charge in [0.15, 0.2) is 5.82 Å². The van der Waals surface area contributed by atoms with Crippen molar-refractivity contribution in [2.45, 2.75) is 25.6 Å². The van der Waals surface area contributed by atoms with E-state index in [2.05, 4.69) is 19.9 Å². The van der Waals surface area contributed by atoms with Crippen LogP contribution in [0.1, 0.15) is 18.4 Å². The summed E-state index contributed by atoms with van der Waals surface area (Å²) in [5.41, 5.74) is 1.11. The molecule has 0 bridgehead atoms. The number of anilines is 1. The maximum Gasteiger partial charge on any atom is 0.257 e. The number of hydrogen-bond donors (Lipinski definition) is 0. The zero-order valence-corrected chi connectivity index (χ0v) is 12.7. The van der Waals surface area contributed by atoms with Crippen molar-refractivity contribution < 1.29 is 9.47 Å². The van der Waals surface area contributed by atoms with E-state index < -0.39 is 0 Å². The molecule has 3 rings (SSSR count). The predicted molar refractivity (Wildman–Crippen MR) is 82.8 cm³/mol. The zero-order chi connectivity index (χ0) is 15.2. The first-order valence-corrected chi connectivity index (χ1v) is 7.47. The number of piperidine rings is 1. The maximum absolute atomic E-state index is 5.98. The fourth-order valence-corrected chi connectivity index (χ4v) is 2.61. The molecule has 6 heteroatoms. The summed E-state index contributed by atoms with van der Waals surface area (Å²) in [6.07, 6.45) is 9.18. The number of rotatable bonds is 5. The highest BCUT2D eigenvalue weighted by Crippen LogP contribution is 2.26. The van der Waals surface area contributed by atoms with Crippen molar-refractivity contribution in [3.8, 4) is 5.88 Å². The minimum absolute atomic E-state index is 0.277. The summed E-state index contributed by atoms with van der Waals surface area (Å²) in [7, 11) is 1.62. The molecule has 1 saturated heterocycles. The van der Waals surface area contributed by atoms with Crippen LogP contribution in [0.4, 0.5) is 5.82 Å². The number of methoxy groups -OCH3 is 1. The van der Waals surface area contributed by atoms with Crippen LogP contribution in [0.2, 0.25) is 0 Å². The Hall–Kier alpha value is -2.21. The summed E-state index contributed by atoms with van der Waals surface area (Å²) in [6.45, 7) is 2.41. The van der Waals surface area contributed by atoms with Gasteiger partial charge in [0, 0.05) is 37.9 Å². The van der Waals surface area contributed by atoms with Gasteiger partial charge in [-0.3, -0.25) is 4.98 Å². The smallest absolute Gasteiger partial charge is 0.257 e. The van der Waals surface area contributed by atoms with Crippen molar-refractivity contribution in [2.24, 2.45) is 0 Å². The lowest BCUT2D eigenvalue weighted by Crippen LogP contribution is -2.37. The van der Waals surface area contributed by atoms with E-state index >= 15 is 0 Å². The lowest BCUT2D eigenvalue weighted by atomic mass is 10.1. The van der Waals surface area contributed by atoms with Crippen LogP contribution < -0.4 is 9.64 Å². The van der Waals surface area contributed by atoms with Crippen LogP contribution in [0.15, 0.2) is 36.9 Å². The molecule has 2 aromatic rings. The molecule has 0 amide bonds. The standard InChI is InChI=1S/C16H20N4O2/c1-21-16-15(18-7-8-19-16)20-9-4-14(5-10-20)22-12-13-3-2-6-17-11-13/h2-3,6-8,11,14H,4-5,9-10,12H2,1H3. The number of hydrogen-bond acceptors (Lipinski definition) is 6. The Bertz CT molecular complexity index is 586. The molecular formula is C16H20N4O2. The minimum atomic E-state index is 0.277. The van der Waals surface area contributed by atoms with Gasteiger partial charge in [-0.25, -0.2) is 9.97 Å². The van der Waals surface area contributed by atoms with Crippen LogP contribution >= 0.6 is 0 Å². The van der Waals surface area contributed by atoms with Gasteiger partial charge in [0.2, 0.25) is 0 Å². The summed E-state index contributed by atoms with van der Waals surface area (Å²) < 4.78 is 11.3. The van der Waals surface area contributed by atoms with Gasteiger partial charge >= 0.3 is 0 Å². The first-order chi connectivity index (χ1) is 10.9. The molecular weight excluding hydrogens is 280 g/mol. The van der Waals surface area contributed by atoms with E-state index in [1.807, 2.05) is 18.3 Å². The molecule has 0 saturated carbocycles. The summed E-state index contributed by atoms with van der Waals surface area (Å²) in [5, 5.41) is 0. The van der Waals surface area contributed by atoms with Crippen molar-refractivity contribution in [3.05, 3.63) is 42.5 Å². The summed E-state index contributed by atoms with van der Waals surface area (Å²) in [6, 6.07) is 3.97. The van der Waals surface area contributed by atoms with Crippen molar-refractivity contribution in [1.29, 1.82) is 0 Å². The van der Waals surface area contributed by atoms with Gasteiger partial charge in [-0.2, -0.15) is 0 Å². The summed E-state index contributed by atoms with van der Waals surface area (Å²) in [4.78, 5) is 14.9. The Balaban J connectivity index is 1.52. The first kappa shape index (κ1) is 14.7. The molecule has 0 N–H and O–H groups in total. The summed E-state index contributed by atoms with van der Waals surface area (Å²) >= 11 is 0. The van der Waals surface area contributed by atoms with E-state index in [0.29, 0.717) is 12.5 Å². The molecule has 1 aliphatic rings. The van der Waals surface area contributed by atoms with Crippen LogP contribution in [0.5, 0.6) is 5.88 Å². The second-order valence-electron chi connectivity index (χ2n) is 5.25. The average molecular weight is 300 g/mol. The molecule has 0 spiro atoms. The Morgan fingerprint density at radius 2 is 2.00 bits per heavy atom. The van der Waals surface area contributed by atoms with E-state index in [0.717, 1.165) is 37.3 Å². The fraction of sp³-hybridized carbons (Fsp3) is 0.438. The van der Waals surface area contributed by atoms with Gasteiger partial charge in [-0.1, -0.05) is 6.07 Å². The van der Waals surface area contributed by atoms with E-state index in [-0.39, 0.29) is 6.10 Å². The van der Waals surface area contributed by atoms with Crippen molar-refractivity contribution in [1.82, 2.24) is 15.0 Å². The van der Waals surface area contributed by atoms with E-state index in [1.54, 1.807) is 25.7 Å². The molecule has 1 aliphatic heterocycles. The van der Waals surface area contributed by atoms with Gasteiger partial charge < -0.3 is 14.4 Å². The normalized spacial score (nSPS) is 15.8. The maximum atomic E-state index is 5.98. The monoisotopic (exact) mass is 300 g/mol. The molecule has 2 aromatic heterocycles. The average Bonchev–Trinajstić information content (AvgIpc) is 2.61. The third-order valence-corrected chi connectivity index (χ3v) is 3.79. The van der Waals surface area contributed by atoms with Crippen LogP contribution in [0.25, 0.3) is 0 Å². The second-order valence-corrected chi connectivity index (χ2v) is 5.25. The van der Waals surface area contributed by atoms with Gasteiger partial charge in [0.05, 0.1) is 19.8 Å². The minimum Gasteiger partial charge on any atom is -0.478 e. The first-order valence-electron chi connectivity index (χ1n) is 7.47. The molecule has 0 radical (unpaired) electrons. The molecule has 22 heavy (non-hydrogen) atoms. The third-order valence-electron chi connectivity index (χ3n) is 3.79. The topological polar surface area (TPSA) is 60.4 Å². The third kappa shape index (κ3) is 3.51. The number of nitrogens with zero attached hydrogens (tertiary/aromatic N) is 4. The van der Waals surface area contributed by atoms with Gasteiger partial charge in [-0.15, -0.1) is 0 Å². The SMILES string of the molecule is COc1nccnc1N1CCC(OCc2cccnc2)CC1. The largest absolute Gasteiger partial charge is 0.478 e. The Morgan fingerprint density at radius 3 is 2.73 bits per heavy atom. The van der Waals surface area contributed by atoms with Gasteiger partial charge in [0.25, 0.3) is 5.88 Å². The lowest BCUT2D eigenvalue weighted by Gasteiger charge is -2.32. The van der Waals surface area contributed by atoms with Crippen molar-refractivity contribution in [2.75, 3.05) is 25.1 Å². The van der Waals surface area contributed by atoms with E-state index in [9.17, 15) is 0 Å². The van der Waals surface area contributed by atoms with Crippen molar-refractivity contribution >= 4 is 5.82 Å². The van der Waals surface area contributed by atoms with Crippen molar-refractivity contribution in [3.63, 3.8) is 0 Å². The molecule has 0 atom stereocenters. The Morgan fingerprint density at radius 1 is 1.18 bits per heavy atom. The molecule has 116 valence electrons. The molecule has 3 heterocycles.